The van der Waals surface area contributed by atoms with Crippen molar-refractivity contribution in [1.29, 1.82) is 0 Å². The van der Waals surface area contributed by atoms with Gasteiger partial charge in [-0.05, 0) is 38.6 Å². The third kappa shape index (κ3) is 5.79. The number of guanidine groups is 1. The second-order valence-corrected chi connectivity index (χ2v) is 5.33. The molecule has 0 radical (unpaired) electrons. The Hall–Kier alpha value is -1.49. The van der Waals surface area contributed by atoms with Gasteiger partial charge in [-0.25, -0.2) is 0 Å². The zero-order valence-corrected chi connectivity index (χ0v) is 12.4. The lowest BCUT2D eigenvalue weighted by Gasteiger charge is -2.20. The van der Waals surface area contributed by atoms with Crippen LogP contribution in [0.1, 0.15) is 32.1 Å². The lowest BCUT2D eigenvalue weighted by Crippen LogP contribution is -2.34. The molecular formula is C14H26N4O. The van der Waals surface area contributed by atoms with Crippen LogP contribution in [0.5, 0.6) is 0 Å². The van der Waals surface area contributed by atoms with Gasteiger partial charge in [0.25, 0.3) is 0 Å². The maximum Gasteiger partial charge on any atom is 0.188 e. The van der Waals surface area contributed by atoms with E-state index in [0.29, 0.717) is 18.4 Å². The molecule has 0 spiro atoms. The van der Waals surface area contributed by atoms with Gasteiger partial charge >= 0.3 is 0 Å². The van der Waals surface area contributed by atoms with Crippen molar-refractivity contribution < 1.29 is 4.42 Å². The van der Waals surface area contributed by atoms with Gasteiger partial charge in [0.05, 0.1) is 18.8 Å². The molecule has 19 heavy (non-hydrogen) atoms. The van der Waals surface area contributed by atoms with Crippen LogP contribution in [-0.4, -0.2) is 38.0 Å². The molecule has 1 unspecified atom stereocenters. The summed E-state index contributed by atoms with van der Waals surface area (Å²) in [5, 5.41) is 3.13. The fraction of sp³-hybridized carbons (Fsp3) is 0.643. The quantitative estimate of drug-likeness (QED) is 0.583. The minimum atomic E-state index is 0.112. The fourth-order valence-corrected chi connectivity index (χ4v) is 1.72. The summed E-state index contributed by atoms with van der Waals surface area (Å²) in [6.45, 7) is 5.82. The van der Waals surface area contributed by atoms with E-state index in [4.69, 9.17) is 10.2 Å². The summed E-state index contributed by atoms with van der Waals surface area (Å²) in [5.74, 6) is 2.07. The van der Waals surface area contributed by atoms with Crippen LogP contribution in [0.2, 0.25) is 0 Å². The van der Waals surface area contributed by atoms with E-state index in [-0.39, 0.29) is 6.04 Å². The highest BCUT2D eigenvalue weighted by Gasteiger charge is 2.16. The minimum Gasteiger partial charge on any atom is -0.468 e. The van der Waals surface area contributed by atoms with E-state index >= 15 is 0 Å². The molecule has 1 rings (SSSR count). The highest BCUT2D eigenvalue weighted by Crippen LogP contribution is 2.18. The molecule has 0 aromatic carbocycles. The van der Waals surface area contributed by atoms with E-state index in [9.17, 15) is 0 Å². The van der Waals surface area contributed by atoms with Gasteiger partial charge in [-0.2, -0.15) is 0 Å². The molecule has 3 N–H and O–H groups in total. The van der Waals surface area contributed by atoms with E-state index in [0.717, 1.165) is 18.7 Å². The van der Waals surface area contributed by atoms with Crippen LogP contribution in [0, 0.1) is 5.92 Å². The van der Waals surface area contributed by atoms with Crippen LogP contribution in [0.4, 0.5) is 0 Å². The Kier molecular flexibility index (Phi) is 6.42. The van der Waals surface area contributed by atoms with E-state index in [1.165, 1.54) is 0 Å². The van der Waals surface area contributed by atoms with Gasteiger partial charge in [0.15, 0.2) is 5.96 Å². The lowest BCUT2D eigenvalue weighted by molar-refractivity contribution is 0.265. The molecule has 1 heterocycles. The Bertz CT molecular complexity index is 371. The van der Waals surface area contributed by atoms with Gasteiger partial charge in [0.1, 0.15) is 5.76 Å². The van der Waals surface area contributed by atoms with Crippen molar-refractivity contribution in [3.8, 4) is 0 Å². The monoisotopic (exact) mass is 266 g/mol. The van der Waals surface area contributed by atoms with E-state index in [1.54, 1.807) is 6.26 Å². The molecule has 0 aliphatic carbocycles. The molecule has 0 saturated carbocycles. The number of nitrogens with two attached hydrogens (primary N) is 1. The maximum atomic E-state index is 5.85. The van der Waals surface area contributed by atoms with Crippen molar-refractivity contribution >= 4 is 5.96 Å². The summed E-state index contributed by atoms with van der Waals surface area (Å²) < 4.78 is 5.43. The molecule has 1 atom stereocenters. The molecule has 1 aromatic rings. The largest absolute Gasteiger partial charge is 0.468 e. The first-order valence-corrected chi connectivity index (χ1v) is 6.74. The molecule has 1 aromatic heterocycles. The van der Waals surface area contributed by atoms with E-state index in [2.05, 4.69) is 29.1 Å². The summed E-state index contributed by atoms with van der Waals surface area (Å²) in [7, 11) is 4.01. The highest BCUT2D eigenvalue weighted by molar-refractivity contribution is 5.77. The number of rotatable bonds is 7. The Morgan fingerprint density at radius 3 is 2.74 bits per heavy atom. The number of likely N-dealkylation sites (N-methyl/N-ethyl adjacent to an activating group) is 1. The van der Waals surface area contributed by atoms with Crippen LogP contribution >= 0.6 is 0 Å². The van der Waals surface area contributed by atoms with Crippen molar-refractivity contribution in [3.63, 3.8) is 0 Å². The Morgan fingerprint density at radius 1 is 1.47 bits per heavy atom. The molecule has 5 nitrogen and oxygen atoms in total. The smallest absolute Gasteiger partial charge is 0.188 e. The van der Waals surface area contributed by atoms with Crippen molar-refractivity contribution in [2.24, 2.45) is 16.6 Å². The standard InChI is InChI=1S/C14H26N4O/c1-11(2)7-8-16-14(15)17-10-12(18(3)4)13-6-5-9-19-13/h5-6,9,11-12H,7-8,10H2,1-4H3,(H3,15,16,17). The van der Waals surface area contributed by atoms with Crippen LogP contribution in [0.3, 0.4) is 0 Å². The molecule has 0 fully saturated rings. The van der Waals surface area contributed by atoms with Gasteiger partial charge in [-0.15, -0.1) is 0 Å². The number of nitrogens with one attached hydrogen (secondary N) is 1. The summed E-state index contributed by atoms with van der Waals surface area (Å²) in [6.07, 6.45) is 2.77. The number of hydrogen-bond donors (Lipinski definition) is 2. The van der Waals surface area contributed by atoms with Crippen molar-refractivity contribution in [1.82, 2.24) is 10.2 Å². The topological polar surface area (TPSA) is 66.8 Å². The van der Waals surface area contributed by atoms with Crippen LogP contribution in [-0.2, 0) is 0 Å². The average molecular weight is 266 g/mol. The van der Waals surface area contributed by atoms with E-state index in [1.807, 2.05) is 26.2 Å². The maximum absolute atomic E-state index is 5.85. The zero-order chi connectivity index (χ0) is 14.3. The highest BCUT2D eigenvalue weighted by atomic mass is 16.3. The molecular weight excluding hydrogens is 240 g/mol. The van der Waals surface area contributed by atoms with Crippen LogP contribution in [0.25, 0.3) is 0 Å². The van der Waals surface area contributed by atoms with Gasteiger partial charge in [0, 0.05) is 6.54 Å². The van der Waals surface area contributed by atoms with Crippen LogP contribution in [0.15, 0.2) is 27.8 Å². The lowest BCUT2D eigenvalue weighted by atomic mass is 10.1. The summed E-state index contributed by atoms with van der Waals surface area (Å²) in [6, 6.07) is 3.96. The predicted octanol–water partition coefficient (Wildman–Crippen LogP) is 1.83. The number of hydrogen-bond acceptors (Lipinski definition) is 3. The molecule has 108 valence electrons. The molecule has 0 saturated heterocycles. The third-order valence-corrected chi connectivity index (χ3v) is 2.96. The predicted molar refractivity (Wildman–Crippen MR) is 79.1 cm³/mol. The molecule has 0 aliphatic heterocycles. The first-order valence-electron chi connectivity index (χ1n) is 6.74. The fourth-order valence-electron chi connectivity index (χ4n) is 1.72. The zero-order valence-electron chi connectivity index (χ0n) is 12.4. The molecule has 5 heteroatoms. The van der Waals surface area contributed by atoms with Gasteiger partial charge in [-0.1, -0.05) is 13.8 Å². The second kappa shape index (κ2) is 7.84. The molecule has 0 bridgehead atoms. The summed E-state index contributed by atoms with van der Waals surface area (Å²) in [4.78, 5) is 6.45. The van der Waals surface area contributed by atoms with Gasteiger partial charge in [0.2, 0.25) is 0 Å². The number of furan rings is 1. The van der Waals surface area contributed by atoms with Gasteiger partial charge in [-0.3, -0.25) is 9.89 Å². The Balaban J connectivity index is 2.47. The third-order valence-electron chi connectivity index (χ3n) is 2.96. The van der Waals surface area contributed by atoms with Gasteiger partial charge < -0.3 is 15.5 Å². The summed E-state index contributed by atoms with van der Waals surface area (Å²) >= 11 is 0. The molecule has 0 amide bonds. The SMILES string of the molecule is CC(C)CCNC(N)=NCC(c1ccco1)N(C)C. The number of aliphatic imine (C=N–C) groups is 1. The number of nitrogens with zero attached hydrogens (tertiary/aromatic N) is 2. The minimum absolute atomic E-state index is 0.112. The summed E-state index contributed by atoms with van der Waals surface area (Å²) in [5.41, 5.74) is 5.85. The molecule has 0 aliphatic rings. The van der Waals surface area contributed by atoms with Crippen molar-refractivity contribution in [2.75, 3.05) is 27.2 Å². The first-order chi connectivity index (χ1) is 9.00. The van der Waals surface area contributed by atoms with E-state index < -0.39 is 0 Å². The second-order valence-electron chi connectivity index (χ2n) is 5.33. The Labute approximate surface area is 115 Å². The van der Waals surface area contributed by atoms with Crippen LogP contribution < -0.4 is 11.1 Å². The van der Waals surface area contributed by atoms with Crippen molar-refractivity contribution in [3.05, 3.63) is 24.2 Å². The Morgan fingerprint density at radius 2 is 2.21 bits per heavy atom. The van der Waals surface area contributed by atoms with Crippen molar-refractivity contribution in [2.45, 2.75) is 26.3 Å². The average Bonchev–Trinajstić information content (AvgIpc) is 2.82. The normalized spacial score (nSPS) is 14.1. The first kappa shape index (κ1) is 15.6.